The zero-order chi connectivity index (χ0) is 33.3. The predicted molar refractivity (Wildman–Crippen MR) is 141 cm³/mol. The fourth-order valence-electron chi connectivity index (χ4n) is 4.87. The van der Waals surface area contributed by atoms with Crippen LogP contribution >= 0.6 is 11.5 Å². The van der Waals surface area contributed by atoms with E-state index in [0.717, 1.165) is 12.1 Å². The summed E-state index contributed by atoms with van der Waals surface area (Å²) in [6.07, 6.45) is -0.809. The Labute approximate surface area is 257 Å². The molecule has 0 radical (unpaired) electrons. The van der Waals surface area contributed by atoms with Crippen molar-refractivity contribution < 1.29 is 68.4 Å². The number of carbonyl (C=O) groups is 7. The molecule has 1 saturated carbocycles. The van der Waals surface area contributed by atoms with Gasteiger partial charge in [0.1, 0.15) is 18.7 Å². The molecule has 4 amide bonds. The monoisotopic (exact) mass is 661 g/mol. The molecule has 1 aromatic heterocycles. The maximum absolute atomic E-state index is 13.4. The SMILES string of the molecule is Nc1nc(/C(=N/OC2(C(=O)O)CC2)C(=O)N[C@H]2CON([C@]3(C(=O)O)C[C@H](N4C(=O)c5cc(O)c(O)cc5C4=O)C(=O)O3)C2=O)ns1. The van der Waals surface area contributed by atoms with E-state index in [9.17, 15) is 54.0 Å². The van der Waals surface area contributed by atoms with Gasteiger partial charge >= 0.3 is 23.6 Å². The first-order valence-corrected chi connectivity index (χ1v) is 13.7. The zero-order valence-corrected chi connectivity index (χ0v) is 23.5. The number of carboxylic acid groups (broad SMARTS) is 2. The fourth-order valence-corrected chi connectivity index (χ4v) is 5.30. The number of nitrogen functional groups attached to an aromatic ring is 1. The quantitative estimate of drug-likeness (QED) is 0.0532. The lowest BCUT2D eigenvalue weighted by molar-refractivity contribution is -0.256. The maximum Gasteiger partial charge on any atom is 0.372 e. The molecular formula is C24H19N7O14S. The molecule has 240 valence electrons. The van der Waals surface area contributed by atoms with Crippen LogP contribution in [0.5, 0.6) is 11.5 Å². The van der Waals surface area contributed by atoms with Gasteiger partial charge in [0.05, 0.1) is 17.5 Å². The number of cyclic esters (lactones) is 1. The Morgan fingerprint density at radius 2 is 1.70 bits per heavy atom. The number of hydroxylamine groups is 2. The molecule has 4 aliphatic rings. The highest BCUT2D eigenvalue weighted by atomic mass is 32.1. The van der Waals surface area contributed by atoms with Crippen LogP contribution in [-0.2, 0) is 38.4 Å². The second-order valence-electron chi connectivity index (χ2n) is 10.3. The number of rotatable bonds is 9. The van der Waals surface area contributed by atoms with E-state index in [1.807, 2.05) is 0 Å². The van der Waals surface area contributed by atoms with Crippen molar-refractivity contribution >= 4 is 63.9 Å². The van der Waals surface area contributed by atoms with Gasteiger partial charge in [-0.05, 0) is 12.1 Å². The third kappa shape index (κ3) is 4.57. The summed E-state index contributed by atoms with van der Waals surface area (Å²) in [7, 11) is 0. The second-order valence-corrected chi connectivity index (χ2v) is 11.1. The van der Waals surface area contributed by atoms with Gasteiger partial charge in [-0.25, -0.2) is 14.4 Å². The molecule has 2 saturated heterocycles. The summed E-state index contributed by atoms with van der Waals surface area (Å²) >= 11 is 0.671. The van der Waals surface area contributed by atoms with Crippen molar-refractivity contribution in [2.45, 2.75) is 42.7 Å². The lowest BCUT2D eigenvalue weighted by atomic mass is 10.0. The van der Waals surface area contributed by atoms with Crippen LogP contribution in [0.2, 0.25) is 0 Å². The first-order valence-electron chi connectivity index (χ1n) is 13.0. The number of hydrogen-bond acceptors (Lipinski definition) is 17. The standard InChI is InChI=1S/C24H19N7O14S/c25-22-27-14(29-46-22)13(28-45-23(1-2-23)20(39)40)15(34)26-9-6-43-31(18(9)37)24(21(41)42)5-10(19(38)44-24)30-16(35)7-3-11(32)12(33)4-8(7)17(30)36/h3-4,9-10,32-33H,1-2,5-6H2,(H,26,34)(H,39,40)(H,41,42)(H2,25,27,29)/b28-13-/t9-,10-,24+/m0/s1. The zero-order valence-electron chi connectivity index (χ0n) is 22.7. The number of imide groups is 1. The van der Waals surface area contributed by atoms with Crippen molar-refractivity contribution in [1.82, 2.24) is 24.6 Å². The summed E-state index contributed by atoms with van der Waals surface area (Å²) in [6.45, 7) is -0.701. The van der Waals surface area contributed by atoms with Gasteiger partial charge in [0.25, 0.3) is 23.6 Å². The van der Waals surface area contributed by atoms with Crippen LogP contribution in [0.4, 0.5) is 5.13 Å². The lowest BCUT2D eigenvalue weighted by Gasteiger charge is -2.30. The van der Waals surface area contributed by atoms with Crippen LogP contribution in [0.3, 0.4) is 0 Å². The Balaban J connectivity index is 1.22. The molecule has 3 fully saturated rings. The van der Waals surface area contributed by atoms with Gasteiger partial charge < -0.3 is 41.1 Å². The average Bonchev–Trinajstić information content (AvgIpc) is 3.21. The van der Waals surface area contributed by atoms with Crippen LogP contribution in [0.25, 0.3) is 0 Å². The Morgan fingerprint density at radius 1 is 1.07 bits per heavy atom. The number of esters is 1. The van der Waals surface area contributed by atoms with Crippen molar-refractivity contribution in [2.24, 2.45) is 5.16 Å². The number of nitrogens with zero attached hydrogens (tertiary/aromatic N) is 5. The number of aromatic nitrogens is 2. The van der Waals surface area contributed by atoms with E-state index in [1.54, 1.807) is 0 Å². The summed E-state index contributed by atoms with van der Waals surface area (Å²) in [5.41, 5.74) is -0.449. The number of anilines is 1. The summed E-state index contributed by atoms with van der Waals surface area (Å²) in [5, 5.41) is 44.8. The molecule has 3 atom stereocenters. The molecule has 0 unspecified atom stereocenters. The van der Waals surface area contributed by atoms with E-state index in [2.05, 4.69) is 19.8 Å². The number of carboxylic acids is 2. The first kappa shape index (κ1) is 30.1. The Bertz CT molecular complexity index is 1760. The van der Waals surface area contributed by atoms with Crippen LogP contribution in [0.1, 0.15) is 45.8 Å². The summed E-state index contributed by atoms with van der Waals surface area (Å²) < 4.78 is 8.90. The second kappa shape index (κ2) is 10.3. The predicted octanol–water partition coefficient (Wildman–Crippen LogP) is -2.48. The molecule has 21 nitrogen and oxygen atoms in total. The number of carbonyl (C=O) groups excluding carboxylic acids is 5. The number of amides is 4. The Morgan fingerprint density at radius 3 is 2.22 bits per heavy atom. The number of phenolic OH excluding ortho intramolecular Hbond substituents is 2. The molecular weight excluding hydrogens is 642 g/mol. The molecule has 7 N–H and O–H groups in total. The van der Waals surface area contributed by atoms with Crippen molar-refractivity contribution in [3.63, 3.8) is 0 Å². The fraction of sp³-hybridized carbons (Fsp3) is 0.333. The van der Waals surface area contributed by atoms with E-state index >= 15 is 0 Å². The molecule has 0 spiro atoms. The molecule has 3 aliphatic heterocycles. The number of hydrogen-bond donors (Lipinski definition) is 6. The molecule has 22 heteroatoms. The number of fused-ring (bicyclic) bond motifs is 1. The van der Waals surface area contributed by atoms with E-state index < -0.39 is 95.2 Å². The molecule has 1 aromatic carbocycles. The molecule has 1 aliphatic carbocycles. The molecule has 2 aromatic rings. The van der Waals surface area contributed by atoms with E-state index in [0.29, 0.717) is 16.4 Å². The van der Waals surface area contributed by atoms with Crippen molar-refractivity contribution in [3.8, 4) is 11.5 Å². The number of benzene rings is 1. The minimum absolute atomic E-state index is 0.0889. The highest BCUT2D eigenvalue weighted by Crippen LogP contribution is 2.41. The number of oxime groups is 1. The topological polar surface area (TPSA) is 311 Å². The minimum atomic E-state index is -2.91. The largest absolute Gasteiger partial charge is 0.504 e. The summed E-state index contributed by atoms with van der Waals surface area (Å²) in [6, 6.07) is -1.94. The van der Waals surface area contributed by atoms with Crippen LogP contribution < -0.4 is 11.1 Å². The van der Waals surface area contributed by atoms with Gasteiger partial charge in [0.15, 0.2) is 16.6 Å². The Kier molecular flexibility index (Phi) is 6.77. The number of ether oxygens (including phenoxy) is 1. The normalized spacial score (nSPS) is 25.0. The highest BCUT2D eigenvalue weighted by Gasteiger charge is 2.65. The van der Waals surface area contributed by atoms with E-state index in [1.165, 1.54) is 0 Å². The smallest absolute Gasteiger partial charge is 0.372 e. The van der Waals surface area contributed by atoms with Gasteiger partial charge in [0.2, 0.25) is 17.1 Å². The summed E-state index contributed by atoms with van der Waals surface area (Å²) in [4.78, 5) is 104. The number of aromatic hydroxyl groups is 2. The maximum atomic E-state index is 13.4. The third-order valence-electron chi connectivity index (χ3n) is 7.45. The first-order chi connectivity index (χ1) is 21.7. The Hall–Kier alpha value is -5.90. The number of aliphatic carboxylic acids is 2. The third-order valence-corrected chi connectivity index (χ3v) is 7.99. The van der Waals surface area contributed by atoms with Gasteiger partial charge in [-0.1, -0.05) is 5.16 Å². The van der Waals surface area contributed by atoms with E-state index in [4.69, 9.17) is 20.1 Å². The average molecular weight is 662 g/mol. The molecule has 46 heavy (non-hydrogen) atoms. The molecule has 0 bridgehead atoms. The highest BCUT2D eigenvalue weighted by molar-refractivity contribution is 7.09. The number of nitrogens with two attached hydrogens (primary N) is 1. The minimum Gasteiger partial charge on any atom is -0.504 e. The van der Waals surface area contributed by atoms with Gasteiger partial charge in [-0.15, -0.1) is 0 Å². The van der Waals surface area contributed by atoms with Gasteiger partial charge in [-0.2, -0.15) is 14.4 Å². The van der Waals surface area contributed by atoms with Gasteiger partial charge in [0, 0.05) is 24.4 Å². The number of phenols is 2. The number of nitrogens with one attached hydrogen (secondary N) is 1. The van der Waals surface area contributed by atoms with Gasteiger partial charge in [-0.3, -0.25) is 28.9 Å². The molecule has 4 heterocycles. The lowest BCUT2D eigenvalue weighted by Crippen LogP contribution is -2.57. The van der Waals surface area contributed by atoms with Crippen LogP contribution in [0.15, 0.2) is 17.3 Å². The summed E-state index contributed by atoms with van der Waals surface area (Å²) in [5.74, 6) is -11.2. The van der Waals surface area contributed by atoms with E-state index in [-0.39, 0.29) is 40.0 Å². The van der Waals surface area contributed by atoms with Crippen LogP contribution in [0, 0.1) is 0 Å². The van der Waals surface area contributed by atoms with Crippen molar-refractivity contribution in [1.29, 1.82) is 0 Å². The van der Waals surface area contributed by atoms with Crippen molar-refractivity contribution in [2.75, 3.05) is 12.3 Å². The van der Waals surface area contributed by atoms with Crippen LogP contribution in [-0.4, -0.2) is 117 Å². The molecule has 6 rings (SSSR count). The van der Waals surface area contributed by atoms with Crippen molar-refractivity contribution in [3.05, 3.63) is 29.1 Å².